The molecule has 1 aliphatic carbocycles. The first-order valence-electron chi connectivity index (χ1n) is 12.0. The number of likely N-dealkylation sites (N-methyl/N-ethyl adjacent to an activating group) is 1. The van der Waals surface area contributed by atoms with Gasteiger partial charge in [-0.05, 0) is 65.4 Å². The molecule has 3 atom stereocenters. The molecule has 0 unspecified atom stereocenters. The standard InChI is InChI=1S/C29H31N5O2/c1-18-26(33(4)5)28(16-30,17-31)34-29(18,20-10-14-22(36-7)15-11-20)25-23(27(25,2)3)24(32-34)19-8-12-21(35-6)13-9-19/h8-15,23,25H,1-7H3/t23-,25+,29-/m1/s1. The molecule has 0 amide bonds. The Morgan fingerprint density at radius 2 is 1.44 bits per heavy atom. The van der Waals surface area contributed by atoms with Gasteiger partial charge in [-0.2, -0.15) is 15.6 Å². The molecule has 2 aromatic carbocycles. The van der Waals surface area contributed by atoms with Gasteiger partial charge in [0.05, 0.1) is 25.6 Å². The van der Waals surface area contributed by atoms with Crippen LogP contribution in [0.1, 0.15) is 31.9 Å². The number of hydrogen-bond donors (Lipinski definition) is 0. The molecule has 36 heavy (non-hydrogen) atoms. The van der Waals surface area contributed by atoms with Crippen molar-refractivity contribution in [3.8, 4) is 23.6 Å². The summed E-state index contributed by atoms with van der Waals surface area (Å²) in [6, 6.07) is 20.6. The molecule has 7 nitrogen and oxygen atoms in total. The molecule has 0 aromatic heterocycles. The predicted octanol–water partition coefficient (Wildman–Crippen LogP) is 4.53. The Bertz CT molecular complexity index is 1340. The van der Waals surface area contributed by atoms with E-state index in [4.69, 9.17) is 14.6 Å². The number of ether oxygens (including phenoxy) is 2. The van der Waals surface area contributed by atoms with Gasteiger partial charge in [0.25, 0.3) is 5.54 Å². The second kappa shape index (κ2) is 7.77. The second-order valence-corrected chi connectivity index (χ2v) is 10.6. The van der Waals surface area contributed by atoms with Crippen molar-refractivity contribution in [3.63, 3.8) is 0 Å². The maximum absolute atomic E-state index is 10.6. The monoisotopic (exact) mass is 481 g/mol. The van der Waals surface area contributed by atoms with Crippen molar-refractivity contribution in [2.75, 3.05) is 28.3 Å². The van der Waals surface area contributed by atoms with Crippen LogP contribution in [0.15, 0.2) is 64.9 Å². The van der Waals surface area contributed by atoms with Gasteiger partial charge in [0.2, 0.25) is 0 Å². The van der Waals surface area contributed by atoms with Gasteiger partial charge < -0.3 is 14.4 Å². The molecule has 1 saturated carbocycles. The van der Waals surface area contributed by atoms with E-state index >= 15 is 0 Å². The first kappa shape index (κ1) is 23.8. The van der Waals surface area contributed by atoms with Crippen molar-refractivity contribution in [1.82, 2.24) is 9.91 Å². The molecule has 7 heteroatoms. The number of nitriles is 2. The van der Waals surface area contributed by atoms with E-state index in [1.165, 1.54) is 0 Å². The molecular formula is C29H31N5O2. The summed E-state index contributed by atoms with van der Waals surface area (Å²) in [5.41, 5.74) is 2.11. The smallest absolute Gasteiger partial charge is 0.270 e. The van der Waals surface area contributed by atoms with Crippen LogP contribution in [-0.4, -0.2) is 49.5 Å². The minimum absolute atomic E-state index is 0.103. The Morgan fingerprint density at radius 3 is 1.92 bits per heavy atom. The Labute approximate surface area is 212 Å². The van der Waals surface area contributed by atoms with Crippen LogP contribution < -0.4 is 9.47 Å². The van der Waals surface area contributed by atoms with E-state index in [1.807, 2.05) is 72.5 Å². The average Bonchev–Trinajstić information content (AvgIpc) is 3.39. The van der Waals surface area contributed by atoms with E-state index in [0.29, 0.717) is 5.70 Å². The summed E-state index contributed by atoms with van der Waals surface area (Å²) in [4.78, 5) is 1.90. The van der Waals surface area contributed by atoms with Crippen molar-refractivity contribution in [3.05, 3.63) is 70.9 Å². The number of fused-ring (bicyclic) bond motifs is 3. The molecule has 1 fully saturated rings. The third kappa shape index (κ3) is 2.74. The number of nitrogens with zero attached hydrogens (tertiary/aromatic N) is 5. The molecule has 3 aliphatic rings. The summed E-state index contributed by atoms with van der Waals surface area (Å²) in [6.07, 6.45) is 0. The molecule has 0 N–H and O–H groups in total. The van der Waals surface area contributed by atoms with Crippen LogP contribution in [0.4, 0.5) is 0 Å². The lowest BCUT2D eigenvalue weighted by Crippen LogP contribution is -2.55. The Morgan fingerprint density at radius 1 is 0.917 bits per heavy atom. The van der Waals surface area contributed by atoms with Crippen molar-refractivity contribution < 1.29 is 9.47 Å². The zero-order chi connectivity index (χ0) is 26.0. The fraction of sp³-hybridized carbons (Fsp3) is 0.414. The zero-order valence-corrected chi connectivity index (χ0v) is 21.8. The van der Waals surface area contributed by atoms with E-state index in [0.717, 1.165) is 33.9 Å². The van der Waals surface area contributed by atoms with Crippen LogP contribution >= 0.6 is 0 Å². The quantitative estimate of drug-likeness (QED) is 0.624. The lowest BCUT2D eigenvalue weighted by molar-refractivity contribution is 0.0612. The third-order valence-corrected chi connectivity index (χ3v) is 8.39. The van der Waals surface area contributed by atoms with Crippen molar-refractivity contribution in [1.29, 1.82) is 10.5 Å². The molecule has 2 aromatic rings. The highest BCUT2D eigenvalue weighted by molar-refractivity contribution is 6.06. The minimum Gasteiger partial charge on any atom is -0.497 e. The number of hydrazone groups is 1. The Balaban J connectivity index is 1.84. The summed E-state index contributed by atoms with van der Waals surface area (Å²) >= 11 is 0. The van der Waals surface area contributed by atoms with E-state index in [1.54, 1.807) is 14.2 Å². The summed E-state index contributed by atoms with van der Waals surface area (Å²) < 4.78 is 10.8. The third-order valence-electron chi connectivity index (χ3n) is 8.39. The number of benzene rings is 2. The van der Waals surface area contributed by atoms with Gasteiger partial charge >= 0.3 is 0 Å². The fourth-order valence-electron chi connectivity index (χ4n) is 6.84. The van der Waals surface area contributed by atoms with E-state index in [2.05, 4.69) is 32.9 Å². The van der Waals surface area contributed by atoms with Crippen LogP contribution in [0.2, 0.25) is 0 Å². The predicted molar refractivity (Wildman–Crippen MR) is 137 cm³/mol. The van der Waals surface area contributed by atoms with Crippen molar-refractivity contribution in [2.45, 2.75) is 31.8 Å². The largest absolute Gasteiger partial charge is 0.497 e. The summed E-state index contributed by atoms with van der Waals surface area (Å²) in [5, 5.41) is 28.3. The molecule has 0 saturated heterocycles. The number of hydrogen-bond acceptors (Lipinski definition) is 7. The highest BCUT2D eigenvalue weighted by atomic mass is 16.5. The van der Waals surface area contributed by atoms with Crippen LogP contribution in [0, 0.1) is 39.9 Å². The van der Waals surface area contributed by atoms with E-state index in [-0.39, 0.29) is 17.3 Å². The molecule has 0 bridgehead atoms. The average molecular weight is 482 g/mol. The molecule has 5 rings (SSSR count). The normalized spacial score (nSPS) is 26.7. The lowest BCUT2D eigenvalue weighted by atomic mass is 9.76. The van der Waals surface area contributed by atoms with E-state index in [9.17, 15) is 10.5 Å². The number of rotatable bonds is 5. The van der Waals surface area contributed by atoms with Crippen molar-refractivity contribution in [2.24, 2.45) is 22.4 Å². The van der Waals surface area contributed by atoms with E-state index < -0.39 is 11.1 Å². The summed E-state index contributed by atoms with van der Waals surface area (Å²) in [5.74, 6) is 1.78. The first-order valence-corrected chi connectivity index (χ1v) is 12.0. The Kier molecular flexibility index (Phi) is 5.12. The van der Waals surface area contributed by atoms with Crippen LogP contribution in [-0.2, 0) is 5.54 Å². The van der Waals surface area contributed by atoms with Gasteiger partial charge in [0.15, 0.2) is 0 Å². The SMILES string of the molecule is COc1ccc(C2=NN3C(C#N)(C#N)C(N(C)C)=C(C)[C@@]3(c3ccc(OC)cc3)[C@H]3[C@@H]2C3(C)C)cc1. The van der Waals surface area contributed by atoms with Crippen LogP contribution in [0.5, 0.6) is 11.5 Å². The van der Waals surface area contributed by atoms with Crippen LogP contribution in [0.3, 0.4) is 0 Å². The summed E-state index contributed by atoms with van der Waals surface area (Å²) in [6.45, 7) is 6.58. The van der Waals surface area contributed by atoms with Gasteiger partial charge in [-0.25, -0.2) is 5.01 Å². The van der Waals surface area contributed by atoms with Crippen LogP contribution in [0.25, 0.3) is 0 Å². The second-order valence-electron chi connectivity index (χ2n) is 10.6. The zero-order valence-electron chi connectivity index (χ0n) is 21.8. The molecule has 2 aliphatic heterocycles. The first-order chi connectivity index (χ1) is 17.1. The van der Waals surface area contributed by atoms with Gasteiger partial charge in [0, 0.05) is 25.9 Å². The maximum Gasteiger partial charge on any atom is 0.270 e. The Hall–Kier alpha value is -3.97. The lowest BCUT2D eigenvalue weighted by Gasteiger charge is -2.45. The topological polar surface area (TPSA) is 84.9 Å². The van der Waals surface area contributed by atoms with Crippen molar-refractivity contribution >= 4 is 5.71 Å². The highest BCUT2D eigenvalue weighted by Crippen LogP contribution is 2.74. The molecule has 0 spiro atoms. The minimum atomic E-state index is -1.57. The molecule has 0 radical (unpaired) electrons. The highest BCUT2D eigenvalue weighted by Gasteiger charge is 2.78. The van der Waals surface area contributed by atoms with Gasteiger partial charge in [-0.15, -0.1) is 0 Å². The van der Waals surface area contributed by atoms with Gasteiger partial charge in [-0.3, -0.25) is 0 Å². The molecule has 2 heterocycles. The van der Waals surface area contributed by atoms with Gasteiger partial charge in [-0.1, -0.05) is 26.0 Å². The van der Waals surface area contributed by atoms with Gasteiger partial charge in [0.1, 0.15) is 29.2 Å². The molecular weight excluding hydrogens is 450 g/mol. The maximum atomic E-state index is 10.6. The fourth-order valence-corrected chi connectivity index (χ4v) is 6.84. The summed E-state index contributed by atoms with van der Waals surface area (Å²) in [7, 11) is 7.08. The molecule has 184 valence electrons. The number of methoxy groups -OCH3 is 2.